The summed E-state index contributed by atoms with van der Waals surface area (Å²) in [5.74, 6) is 0.834. The van der Waals surface area contributed by atoms with E-state index in [1.807, 2.05) is 0 Å². The van der Waals surface area contributed by atoms with Crippen LogP contribution in [0.5, 0.6) is 0 Å². The summed E-state index contributed by atoms with van der Waals surface area (Å²) in [4.78, 5) is 8.99. The van der Waals surface area contributed by atoms with Gasteiger partial charge >= 0.3 is 0 Å². The van der Waals surface area contributed by atoms with Gasteiger partial charge in [0.25, 0.3) is 0 Å². The van der Waals surface area contributed by atoms with Crippen molar-refractivity contribution in [2.45, 2.75) is 39.0 Å². The summed E-state index contributed by atoms with van der Waals surface area (Å²) < 4.78 is 0. The summed E-state index contributed by atoms with van der Waals surface area (Å²) >= 11 is 0. The van der Waals surface area contributed by atoms with Gasteiger partial charge in [-0.3, -0.25) is 4.99 Å². The summed E-state index contributed by atoms with van der Waals surface area (Å²) in [5, 5.41) is 0. The zero-order valence-corrected chi connectivity index (χ0v) is 9.01. The third-order valence-electron chi connectivity index (χ3n) is 3.00. The van der Waals surface area contributed by atoms with Crippen LogP contribution < -0.4 is 5.48 Å². The molecule has 0 aromatic heterocycles. The number of hydrogen-bond donors (Lipinski definition) is 1. The first-order valence-electron chi connectivity index (χ1n) is 5.20. The van der Waals surface area contributed by atoms with Gasteiger partial charge in [-0.2, -0.15) is 0 Å². The van der Waals surface area contributed by atoms with Gasteiger partial charge in [0.1, 0.15) is 12.4 Å². The third-order valence-corrected chi connectivity index (χ3v) is 3.00. The van der Waals surface area contributed by atoms with Gasteiger partial charge in [0.05, 0.1) is 0 Å². The van der Waals surface area contributed by atoms with E-state index in [1.165, 1.54) is 32.1 Å². The van der Waals surface area contributed by atoms with Crippen LogP contribution >= 0.6 is 0 Å². The Morgan fingerprint density at radius 1 is 1.43 bits per heavy atom. The van der Waals surface area contributed by atoms with Gasteiger partial charge in [0.15, 0.2) is 0 Å². The minimum atomic E-state index is 0.145. The van der Waals surface area contributed by atoms with Crippen molar-refractivity contribution in [3.8, 4) is 0 Å². The number of nitrogens with one attached hydrogen (secondary N) is 1. The van der Waals surface area contributed by atoms with Crippen molar-refractivity contribution in [1.29, 1.82) is 0 Å². The van der Waals surface area contributed by atoms with Crippen LogP contribution in [0.1, 0.15) is 39.0 Å². The average Bonchev–Trinajstić information content (AvgIpc) is 2.19. The number of hydrogen-bond acceptors (Lipinski definition) is 3. The molecule has 0 spiro atoms. The van der Waals surface area contributed by atoms with Crippen LogP contribution in [0.4, 0.5) is 0 Å². The first-order chi connectivity index (χ1) is 6.69. The minimum Gasteiger partial charge on any atom is -0.411 e. The zero-order chi connectivity index (χ0) is 10.4. The molecule has 0 heterocycles. The van der Waals surface area contributed by atoms with Crippen LogP contribution in [0, 0.1) is 5.41 Å². The average molecular weight is 196 g/mol. The number of rotatable bonds is 5. The van der Waals surface area contributed by atoms with Crippen LogP contribution in [-0.2, 0) is 4.84 Å². The molecule has 1 fully saturated rings. The Kier molecular flexibility index (Phi) is 4.14. The van der Waals surface area contributed by atoms with Gasteiger partial charge in [-0.25, -0.2) is 0 Å². The molecule has 3 nitrogen and oxygen atoms in total. The van der Waals surface area contributed by atoms with Crippen LogP contribution in [0.2, 0.25) is 0 Å². The molecule has 0 aliphatic heterocycles. The highest BCUT2D eigenvalue weighted by Crippen LogP contribution is 2.41. The normalized spacial score (nSPS) is 20.1. The van der Waals surface area contributed by atoms with Crippen molar-refractivity contribution in [2.75, 3.05) is 6.67 Å². The molecule has 1 aliphatic carbocycles. The number of nitrogens with zero attached hydrogens (tertiary/aromatic N) is 1. The Balaban J connectivity index is 2.36. The standard InChI is InChI=1S/C11H20N2O/c1-10(14-13-9-12-3)11(2)7-5-4-6-8-11/h13H,1,3-9H2,2H3. The summed E-state index contributed by atoms with van der Waals surface area (Å²) in [6, 6.07) is 0. The van der Waals surface area contributed by atoms with Gasteiger partial charge in [0.2, 0.25) is 0 Å². The fourth-order valence-corrected chi connectivity index (χ4v) is 1.90. The molecule has 14 heavy (non-hydrogen) atoms. The Labute approximate surface area is 86.2 Å². The summed E-state index contributed by atoms with van der Waals surface area (Å²) in [6.45, 7) is 9.97. The monoisotopic (exact) mass is 196 g/mol. The summed E-state index contributed by atoms with van der Waals surface area (Å²) in [7, 11) is 0. The second-order valence-corrected chi connectivity index (χ2v) is 4.17. The van der Waals surface area contributed by atoms with E-state index >= 15 is 0 Å². The molecule has 1 rings (SSSR count). The number of aliphatic imine (C=N–C) groups is 1. The van der Waals surface area contributed by atoms with Gasteiger partial charge in [-0.15, -0.1) is 5.48 Å². The maximum Gasteiger partial charge on any atom is 0.123 e. The van der Waals surface area contributed by atoms with Crippen LogP contribution in [-0.4, -0.2) is 13.4 Å². The molecule has 1 N–H and O–H groups in total. The van der Waals surface area contributed by atoms with Gasteiger partial charge in [0, 0.05) is 5.41 Å². The van der Waals surface area contributed by atoms with Gasteiger partial charge in [-0.1, -0.05) is 32.8 Å². The summed E-state index contributed by atoms with van der Waals surface area (Å²) in [6.07, 6.45) is 6.24. The van der Waals surface area contributed by atoms with Crippen LogP contribution in [0.25, 0.3) is 0 Å². The number of allylic oxidation sites excluding steroid dienone is 1. The Morgan fingerprint density at radius 3 is 2.64 bits per heavy atom. The maximum absolute atomic E-state index is 5.35. The Bertz CT molecular complexity index is 207. The second kappa shape index (κ2) is 5.15. The van der Waals surface area contributed by atoms with E-state index < -0.39 is 0 Å². The highest BCUT2D eigenvalue weighted by atomic mass is 16.6. The first-order valence-corrected chi connectivity index (χ1v) is 5.20. The smallest absolute Gasteiger partial charge is 0.123 e. The highest BCUT2D eigenvalue weighted by Gasteiger charge is 2.31. The lowest BCUT2D eigenvalue weighted by atomic mass is 9.75. The quantitative estimate of drug-likeness (QED) is 0.317. The fourth-order valence-electron chi connectivity index (χ4n) is 1.90. The zero-order valence-electron chi connectivity index (χ0n) is 9.01. The lowest BCUT2D eigenvalue weighted by Gasteiger charge is -2.34. The molecular formula is C11H20N2O. The van der Waals surface area contributed by atoms with Gasteiger partial charge in [-0.05, 0) is 19.6 Å². The van der Waals surface area contributed by atoms with E-state index in [0.717, 1.165) is 5.76 Å². The van der Waals surface area contributed by atoms with Crippen LogP contribution in [0.15, 0.2) is 17.3 Å². The van der Waals surface area contributed by atoms with E-state index in [-0.39, 0.29) is 5.41 Å². The molecule has 0 amide bonds. The molecule has 3 heteroatoms. The molecule has 0 aromatic carbocycles. The molecule has 0 unspecified atom stereocenters. The molecule has 0 aromatic rings. The molecule has 0 atom stereocenters. The minimum absolute atomic E-state index is 0.145. The molecule has 1 aliphatic rings. The van der Waals surface area contributed by atoms with Crippen molar-refractivity contribution in [1.82, 2.24) is 5.48 Å². The van der Waals surface area contributed by atoms with Crippen molar-refractivity contribution in [2.24, 2.45) is 10.4 Å². The SMILES string of the molecule is C=NCNOC(=C)C1(C)CCCCC1. The van der Waals surface area contributed by atoms with Crippen molar-refractivity contribution < 1.29 is 4.84 Å². The first kappa shape index (κ1) is 11.2. The molecule has 80 valence electrons. The largest absolute Gasteiger partial charge is 0.411 e. The van der Waals surface area contributed by atoms with Crippen molar-refractivity contribution >= 4 is 6.72 Å². The van der Waals surface area contributed by atoms with Crippen LogP contribution in [0.3, 0.4) is 0 Å². The molecular weight excluding hydrogens is 176 g/mol. The molecule has 0 radical (unpaired) electrons. The van der Waals surface area contributed by atoms with E-state index in [9.17, 15) is 0 Å². The van der Waals surface area contributed by atoms with E-state index in [2.05, 4.69) is 30.7 Å². The van der Waals surface area contributed by atoms with E-state index in [4.69, 9.17) is 4.84 Å². The maximum atomic E-state index is 5.35. The molecule has 0 bridgehead atoms. The third kappa shape index (κ3) is 2.84. The highest BCUT2D eigenvalue weighted by molar-refractivity contribution is 5.22. The fraction of sp³-hybridized carbons (Fsp3) is 0.727. The lowest BCUT2D eigenvalue weighted by molar-refractivity contribution is 0.0438. The van der Waals surface area contributed by atoms with Gasteiger partial charge < -0.3 is 4.84 Å². The van der Waals surface area contributed by atoms with E-state index in [0.29, 0.717) is 6.67 Å². The Morgan fingerprint density at radius 2 is 2.07 bits per heavy atom. The predicted octanol–water partition coefficient (Wildman–Crippen LogP) is 2.65. The second-order valence-electron chi connectivity index (χ2n) is 4.17. The topological polar surface area (TPSA) is 33.6 Å². The summed E-state index contributed by atoms with van der Waals surface area (Å²) in [5.41, 5.74) is 2.87. The lowest BCUT2D eigenvalue weighted by Crippen LogP contribution is -2.27. The Hall–Kier alpha value is -0.830. The van der Waals surface area contributed by atoms with Crippen molar-refractivity contribution in [3.05, 3.63) is 12.3 Å². The molecule has 1 saturated carbocycles. The predicted molar refractivity (Wildman–Crippen MR) is 59.0 cm³/mol. The molecule has 0 saturated heterocycles. The number of hydroxylamine groups is 1. The van der Waals surface area contributed by atoms with Crippen molar-refractivity contribution in [3.63, 3.8) is 0 Å². The van der Waals surface area contributed by atoms with E-state index in [1.54, 1.807) is 0 Å².